The standard InChI is InChI=1S/C41H55ClF2N4O5S/c1-28-7-6-15-40(52-3,27-46-19-20-47-18-16-41(43,44)23-35(47)25-46)36-13-10-32(36)24-48-17-5-4-8-30-21-34(42)12-9-33(30)26-53-38-14-11-31(22-37(38)48)39(49)45-54(50,51)29(28)2/h6,9,11-12,14-15,21-22,28-29,32,35-36H,4-5,7-8,10,13,16-20,23-27H2,1-3H3,(H,45,49)/b15-6-/t28-,29+,32-,35+,36+,40+/m0/s1. The van der Waals surface area contributed by atoms with Gasteiger partial charge in [-0.3, -0.25) is 14.6 Å². The fourth-order valence-electron chi connectivity index (χ4n) is 9.32. The number of piperidine rings is 1. The smallest absolute Gasteiger partial charge is 0.264 e. The number of amides is 1. The summed E-state index contributed by atoms with van der Waals surface area (Å²) in [6.45, 7) is 8.32. The van der Waals surface area contributed by atoms with E-state index in [1.165, 1.54) is 0 Å². The number of allylic oxidation sites excluding steroid dienone is 1. The van der Waals surface area contributed by atoms with E-state index in [0.29, 0.717) is 56.5 Å². The third-order valence-corrected chi connectivity index (χ3v) is 15.2. The molecular formula is C41H55ClF2N4O5S. The number of rotatable bonds is 3. The summed E-state index contributed by atoms with van der Waals surface area (Å²) < 4.78 is 71.8. The quantitative estimate of drug-likeness (QED) is 0.335. The number of benzene rings is 2. The number of halogens is 3. The molecule has 0 spiro atoms. The van der Waals surface area contributed by atoms with Crippen molar-refractivity contribution in [1.82, 2.24) is 14.5 Å². The number of fused-ring (bicyclic) bond motifs is 4. The molecule has 1 N–H and O–H groups in total. The first-order chi connectivity index (χ1) is 25.8. The zero-order chi connectivity index (χ0) is 38.3. The summed E-state index contributed by atoms with van der Waals surface area (Å²) in [5, 5.41) is -0.156. The van der Waals surface area contributed by atoms with E-state index in [1.807, 2.05) is 31.2 Å². The third-order valence-electron chi connectivity index (χ3n) is 13.0. The van der Waals surface area contributed by atoms with E-state index in [0.717, 1.165) is 62.0 Å². The second-order valence-electron chi connectivity index (χ2n) is 16.4. The van der Waals surface area contributed by atoms with Crippen molar-refractivity contribution in [2.24, 2.45) is 17.8 Å². The Kier molecular flexibility index (Phi) is 11.7. The summed E-state index contributed by atoms with van der Waals surface area (Å²) in [6.07, 6.45) is 9.05. The van der Waals surface area contributed by atoms with Crippen molar-refractivity contribution in [2.45, 2.75) is 94.6 Å². The van der Waals surface area contributed by atoms with Gasteiger partial charge in [0.15, 0.2) is 0 Å². The van der Waals surface area contributed by atoms with E-state index < -0.39 is 32.7 Å². The molecule has 0 radical (unpaired) electrons. The molecule has 4 aliphatic heterocycles. The number of carbonyl (C=O) groups excluding carboxylic acids is 1. The molecule has 54 heavy (non-hydrogen) atoms. The summed E-state index contributed by atoms with van der Waals surface area (Å²) in [5.74, 6) is -2.61. The van der Waals surface area contributed by atoms with Crippen LogP contribution in [0.3, 0.4) is 0 Å². The first-order valence-corrected chi connectivity index (χ1v) is 21.6. The number of aryl methyl sites for hydroxylation is 1. The van der Waals surface area contributed by atoms with Gasteiger partial charge in [0.1, 0.15) is 18.0 Å². The first-order valence-electron chi connectivity index (χ1n) is 19.7. The summed E-state index contributed by atoms with van der Waals surface area (Å²) in [4.78, 5) is 20.4. The number of methoxy groups -OCH3 is 1. The molecular weight excluding hydrogens is 734 g/mol. The average Bonchev–Trinajstić information content (AvgIpc) is 3.14. The van der Waals surface area contributed by atoms with Gasteiger partial charge in [-0.2, -0.15) is 0 Å². The maximum Gasteiger partial charge on any atom is 0.264 e. The molecule has 0 unspecified atom stereocenters. The fourth-order valence-corrected chi connectivity index (χ4v) is 10.8. The number of hydrogen-bond acceptors (Lipinski definition) is 8. The zero-order valence-electron chi connectivity index (χ0n) is 31.7. The molecule has 6 atom stereocenters. The van der Waals surface area contributed by atoms with E-state index in [9.17, 15) is 22.0 Å². The van der Waals surface area contributed by atoms with Gasteiger partial charge in [-0.05, 0) is 105 Å². The minimum atomic E-state index is -4.02. The SMILES string of the molecule is CO[C@@]1(CN2CCN3CCC(F)(F)C[C@@H]3C2)/C=C\C[C@H](C)[C@@H](C)S(=O)(=O)NC(=O)c2ccc3c(c2)N(CCCCc2cc(Cl)ccc2CO3)C[C@@H]2CC[C@H]21. The van der Waals surface area contributed by atoms with Crippen molar-refractivity contribution < 1.29 is 31.5 Å². The van der Waals surface area contributed by atoms with Gasteiger partial charge in [0.2, 0.25) is 10.0 Å². The predicted octanol–water partition coefficient (Wildman–Crippen LogP) is 6.93. The number of anilines is 1. The van der Waals surface area contributed by atoms with E-state index in [4.69, 9.17) is 21.1 Å². The molecule has 1 saturated carbocycles. The van der Waals surface area contributed by atoms with Crippen molar-refractivity contribution in [3.8, 4) is 5.75 Å². The second kappa shape index (κ2) is 16.0. The van der Waals surface area contributed by atoms with Crippen LogP contribution in [0.2, 0.25) is 5.02 Å². The number of ether oxygens (including phenoxy) is 2. The fraction of sp³-hybridized carbons (Fsp3) is 0.634. The van der Waals surface area contributed by atoms with Gasteiger partial charge < -0.3 is 14.4 Å². The van der Waals surface area contributed by atoms with Crippen LogP contribution in [0.1, 0.15) is 80.3 Å². The molecule has 9 nitrogen and oxygen atoms in total. The third kappa shape index (κ3) is 8.48. The molecule has 1 amide bonds. The molecule has 2 aromatic carbocycles. The number of sulfonamides is 1. The minimum Gasteiger partial charge on any atom is -0.487 e. The summed E-state index contributed by atoms with van der Waals surface area (Å²) in [6, 6.07) is 10.9. The Bertz CT molecular complexity index is 1830. The number of nitrogens with zero attached hydrogens (tertiary/aromatic N) is 3. The summed E-state index contributed by atoms with van der Waals surface area (Å²) >= 11 is 6.39. The lowest BCUT2D eigenvalue weighted by Gasteiger charge is -2.53. The molecule has 7 rings (SSSR count). The summed E-state index contributed by atoms with van der Waals surface area (Å²) in [5.41, 5.74) is 2.51. The van der Waals surface area contributed by atoms with E-state index in [2.05, 4.69) is 25.5 Å². The topological polar surface area (TPSA) is 91.4 Å². The second-order valence-corrected chi connectivity index (χ2v) is 18.9. The van der Waals surface area contributed by atoms with Crippen LogP contribution in [0.5, 0.6) is 5.75 Å². The van der Waals surface area contributed by atoms with Crippen molar-refractivity contribution in [3.05, 3.63) is 70.3 Å². The highest BCUT2D eigenvalue weighted by Crippen LogP contribution is 2.47. The lowest BCUT2D eigenvalue weighted by atomic mass is 9.63. The Hall–Kier alpha value is -2.77. The lowest BCUT2D eigenvalue weighted by Crippen LogP contribution is -2.62. The highest BCUT2D eigenvalue weighted by molar-refractivity contribution is 7.90. The number of carbonyl (C=O) groups is 1. The van der Waals surface area contributed by atoms with Gasteiger partial charge in [0.25, 0.3) is 11.8 Å². The van der Waals surface area contributed by atoms with E-state index in [-0.39, 0.29) is 42.2 Å². The maximum atomic E-state index is 14.6. The van der Waals surface area contributed by atoms with Crippen LogP contribution in [-0.2, 0) is 27.8 Å². The molecule has 2 aromatic rings. The number of hydrogen-bond donors (Lipinski definition) is 1. The normalized spacial score (nSPS) is 32.7. The summed E-state index contributed by atoms with van der Waals surface area (Å²) in [7, 11) is -2.26. The maximum absolute atomic E-state index is 14.6. The molecule has 13 heteroatoms. The molecule has 0 aromatic heterocycles. The van der Waals surface area contributed by atoms with Gasteiger partial charge in [0.05, 0.1) is 10.9 Å². The van der Waals surface area contributed by atoms with Crippen LogP contribution < -0.4 is 14.4 Å². The van der Waals surface area contributed by atoms with Gasteiger partial charge >= 0.3 is 0 Å². The van der Waals surface area contributed by atoms with Crippen molar-refractivity contribution >= 4 is 33.2 Å². The predicted molar refractivity (Wildman–Crippen MR) is 208 cm³/mol. The number of alkyl halides is 2. The Morgan fingerprint density at radius 3 is 2.63 bits per heavy atom. The van der Waals surface area contributed by atoms with Crippen molar-refractivity contribution in [2.75, 3.05) is 57.8 Å². The Balaban J connectivity index is 1.24. The molecule has 1 aliphatic carbocycles. The molecule has 3 fully saturated rings. The van der Waals surface area contributed by atoms with Gasteiger partial charge in [-0.15, -0.1) is 0 Å². The Morgan fingerprint density at radius 2 is 1.85 bits per heavy atom. The Labute approximate surface area is 324 Å². The van der Waals surface area contributed by atoms with E-state index in [1.54, 1.807) is 32.2 Å². The highest BCUT2D eigenvalue weighted by atomic mass is 35.5. The van der Waals surface area contributed by atoms with Gasteiger partial charge in [-0.1, -0.05) is 36.7 Å². The monoisotopic (exact) mass is 788 g/mol. The zero-order valence-corrected chi connectivity index (χ0v) is 33.3. The van der Waals surface area contributed by atoms with Crippen LogP contribution in [-0.4, -0.2) is 99.9 Å². The minimum absolute atomic E-state index is 0.0819. The number of piperazine rings is 1. The Morgan fingerprint density at radius 1 is 1.02 bits per heavy atom. The average molecular weight is 789 g/mol. The van der Waals surface area contributed by atoms with Crippen LogP contribution in [0.25, 0.3) is 0 Å². The molecule has 2 saturated heterocycles. The molecule has 4 heterocycles. The van der Waals surface area contributed by atoms with Crippen LogP contribution in [0.4, 0.5) is 14.5 Å². The van der Waals surface area contributed by atoms with Gasteiger partial charge in [-0.25, -0.2) is 21.9 Å². The van der Waals surface area contributed by atoms with Crippen molar-refractivity contribution in [1.29, 1.82) is 0 Å². The first kappa shape index (κ1) is 39.5. The number of nitrogens with one attached hydrogen (secondary N) is 1. The lowest BCUT2D eigenvalue weighted by molar-refractivity contribution is -0.119. The van der Waals surface area contributed by atoms with E-state index >= 15 is 0 Å². The van der Waals surface area contributed by atoms with Crippen LogP contribution in [0.15, 0.2) is 48.6 Å². The van der Waals surface area contributed by atoms with Crippen LogP contribution in [0, 0.1) is 17.8 Å². The molecule has 296 valence electrons. The molecule has 5 aliphatic rings. The van der Waals surface area contributed by atoms with Crippen molar-refractivity contribution in [3.63, 3.8) is 0 Å². The largest absolute Gasteiger partial charge is 0.487 e. The molecule has 2 bridgehead atoms. The van der Waals surface area contributed by atoms with Crippen LogP contribution >= 0.6 is 11.6 Å². The van der Waals surface area contributed by atoms with Gasteiger partial charge in [0, 0.05) is 82.4 Å². The highest BCUT2D eigenvalue weighted by Gasteiger charge is 2.50.